The van der Waals surface area contributed by atoms with Crippen LogP contribution in [-0.2, 0) is 9.59 Å². The average molecular weight is 510 g/mol. The summed E-state index contributed by atoms with van der Waals surface area (Å²) in [5.74, 6) is 0.136. The highest BCUT2D eigenvalue weighted by atomic mass is 35.5. The van der Waals surface area contributed by atoms with E-state index in [0.717, 1.165) is 11.3 Å². The Hall–Kier alpha value is -3.55. The van der Waals surface area contributed by atoms with E-state index in [4.69, 9.17) is 28.2 Å². The van der Waals surface area contributed by atoms with Crippen molar-refractivity contribution in [3.8, 4) is 11.3 Å². The van der Waals surface area contributed by atoms with E-state index in [0.29, 0.717) is 52.2 Å². The lowest BCUT2D eigenvalue weighted by molar-refractivity contribution is -0.117. The van der Waals surface area contributed by atoms with Crippen LogP contribution in [-0.4, -0.2) is 28.8 Å². The van der Waals surface area contributed by atoms with Gasteiger partial charge in [-0.3, -0.25) is 9.59 Å². The number of carbonyl (C=O) groups is 2. The van der Waals surface area contributed by atoms with Gasteiger partial charge in [0.15, 0.2) is 0 Å². The van der Waals surface area contributed by atoms with Crippen molar-refractivity contribution in [1.29, 1.82) is 0 Å². The number of nitrogens with one attached hydrogen (secondary N) is 4. The zero-order valence-electron chi connectivity index (χ0n) is 19.1. The molecular formula is C26H25Cl2N5O2. The molecule has 1 aliphatic heterocycles. The number of benzene rings is 2. The maximum Gasteiger partial charge on any atom is 0.244 e. The molecule has 2 amide bonds. The second-order valence-electron chi connectivity index (χ2n) is 8.04. The van der Waals surface area contributed by atoms with E-state index >= 15 is 0 Å². The van der Waals surface area contributed by atoms with E-state index in [2.05, 4.69) is 20.9 Å². The number of carbonyl (C=O) groups excluding carboxylic acids is 2. The van der Waals surface area contributed by atoms with Crippen LogP contribution in [0.5, 0.6) is 0 Å². The minimum absolute atomic E-state index is 0.105. The molecule has 9 heteroatoms. The van der Waals surface area contributed by atoms with Gasteiger partial charge in [0.2, 0.25) is 11.8 Å². The van der Waals surface area contributed by atoms with Crippen molar-refractivity contribution in [2.45, 2.75) is 25.3 Å². The van der Waals surface area contributed by atoms with Crippen LogP contribution in [0, 0.1) is 0 Å². The number of H-pyrrole nitrogens is 1. The zero-order valence-corrected chi connectivity index (χ0v) is 20.6. The molecule has 0 radical (unpaired) electrons. The van der Waals surface area contributed by atoms with Crippen LogP contribution in [0.4, 0.5) is 11.4 Å². The highest BCUT2D eigenvalue weighted by molar-refractivity contribution is 6.32. The summed E-state index contributed by atoms with van der Waals surface area (Å²) in [5.41, 5.74) is 3.45. The first-order valence-corrected chi connectivity index (χ1v) is 11.9. The molecule has 0 spiro atoms. The Bertz CT molecular complexity index is 1300. The Morgan fingerprint density at radius 3 is 2.83 bits per heavy atom. The summed E-state index contributed by atoms with van der Waals surface area (Å²) in [4.78, 5) is 33.0. The molecule has 2 aromatic carbocycles. The van der Waals surface area contributed by atoms with Crippen molar-refractivity contribution < 1.29 is 9.59 Å². The van der Waals surface area contributed by atoms with Gasteiger partial charge in [-0.2, -0.15) is 0 Å². The molecule has 0 unspecified atom stereocenters. The topological polar surface area (TPSA) is 98.9 Å². The summed E-state index contributed by atoms with van der Waals surface area (Å²) < 4.78 is 0. The van der Waals surface area contributed by atoms with Crippen LogP contribution < -0.4 is 16.0 Å². The molecule has 0 aliphatic carbocycles. The molecule has 0 saturated heterocycles. The van der Waals surface area contributed by atoms with Gasteiger partial charge in [-0.1, -0.05) is 47.5 Å². The Kier molecular flexibility index (Phi) is 7.90. The van der Waals surface area contributed by atoms with Crippen LogP contribution in [0.15, 0.2) is 60.7 Å². The maximum atomic E-state index is 12.7. The quantitative estimate of drug-likeness (QED) is 0.257. The first-order chi connectivity index (χ1) is 16.9. The number of nitrogens with zero attached hydrogens (tertiary/aromatic N) is 1. The fourth-order valence-corrected chi connectivity index (χ4v) is 4.18. The third-order valence-electron chi connectivity index (χ3n) is 5.51. The Morgan fingerprint density at radius 2 is 2.03 bits per heavy atom. The number of amides is 2. The molecule has 1 aliphatic rings. The zero-order chi connectivity index (χ0) is 24.8. The average Bonchev–Trinajstić information content (AvgIpc) is 3.22. The van der Waals surface area contributed by atoms with E-state index in [-0.39, 0.29) is 11.8 Å². The van der Waals surface area contributed by atoms with E-state index in [1.165, 1.54) is 6.08 Å². The van der Waals surface area contributed by atoms with Gasteiger partial charge in [-0.15, -0.1) is 0 Å². The third kappa shape index (κ3) is 6.32. The van der Waals surface area contributed by atoms with Crippen LogP contribution in [0.3, 0.4) is 0 Å². The SMILES string of the molecule is CNc1ccc2c(c1)NC(=O)CC/C=C/C[C@H](NC(=O)/C=C/c1cccc(Cl)c1)c1nc-2c(Cl)[nH]1. The molecule has 7 nitrogen and oxygen atoms in total. The van der Waals surface area contributed by atoms with Crippen LogP contribution >= 0.6 is 23.2 Å². The number of hydrogen-bond donors (Lipinski definition) is 4. The van der Waals surface area contributed by atoms with E-state index in [9.17, 15) is 9.59 Å². The highest BCUT2D eigenvalue weighted by Gasteiger charge is 2.22. The molecule has 2 bridgehead atoms. The Morgan fingerprint density at radius 1 is 1.17 bits per heavy atom. The number of hydrogen-bond acceptors (Lipinski definition) is 4. The van der Waals surface area contributed by atoms with Gasteiger partial charge in [0.25, 0.3) is 0 Å². The number of halogens is 2. The van der Waals surface area contributed by atoms with Crippen LogP contribution in [0.2, 0.25) is 10.2 Å². The molecule has 4 N–H and O–H groups in total. The Labute approximate surface area is 213 Å². The summed E-state index contributed by atoms with van der Waals surface area (Å²) >= 11 is 12.6. The van der Waals surface area contributed by atoms with E-state index in [1.807, 2.05) is 49.5 Å². The van der Waals surface area contributed by atoms with E-state index < -0.39 is 6.04 Å². The predicted molar refractivity (Wildman–Crippen MR) is 142 cm³/mol. The summed E-state index contributed by atoms with van der Waals surface area (Å²) in [6.45, 7) is 0. The number of rotatable bonds is 4. The summed E-state index contributed by atoms with van der Waals surface area (Å²) in [5, 5.41) is 9.95. The van der Waals surface area contributed by atoms with Gasteiger partial charge in [0.1, 0.15) is 16.7 Å². The molecule has 1 aromatic heterocycles. The molecule has 4 rings (SSSR count). The van der Waals surface area contributed by atoms with Crippen molar-refractivity contribution in [2.24, 2.45) is 0 Å². The predicted octanol–water partition coefficient (Wildman–Crippen LogP) is 5.97. The first-order valence-electron chi connectivity index (χ1n) is 11.2. The Balaban J connectivity index is 1.65. The van der Waals surface area contributed by atoms with Crippen molar-refractivity contribution in [3.63, 3.8) is 0 Å². The van der Waals surface area contributed by atoms with Crippen LogP contribution in [0.25, 0.3) is 17.3 Å². The lowest BCUT2D eigenvalue weighted by atomic mass is 10.1. The van der Waals surface area contributed by atoms with Crippen molar-refractivity contribution >= 4 is 52.5 Å². The number of aromatic nitrogens is 2. The van der Waals surface area contributed by atoms with Gasteiger partial charge in [-0.05, 0) is 54.8 Å². The monoisotopic (exact) mass is 509 g/mol. The number of allylic oxidation sites excluding steroid dienone is 1. The van der Waals surface area contributed by atoms with E-state index in [1.54, 1.807) is 18.2 Å². The van der Waals surface area contributed by atoms with Gasteiger partial charge < -0.3 is 20.9 Å². The number of aromatic amines is 1. The lowest BCUT2D eigenvalue weighted by Crippen LogP contribution is -2.27. The van der Waals surface area contributed by atoms with Gasteiger partial charge >= 0.3 is 0 Å². The summed E-state index contributed by atoms with van der Waals surface area (Å²) in [6.07, 6.45) is 8.40. The summed E-state index contributed by atoms with van der Waals surface area (Å²) in [6, 6.07) is 12.4. The number of anilines is 2. The number of fused-ring (bicyclic) bond motifs is 4. The minimum atomic E-state index is -0.446. The smallest absolute Gasteiger partial charge is 0.244 e. The fraction of sp³-hybridized carbons (Fsp3) is 0.192. The standard InChI is InChI=1S/C26H25Cl2N5O2/c1-29-18-11-12-19-21(15-18)31-22(34)9-4-2-3-8-20(26-32-24(19)25(28)33-26)30-23(35)13-10-16-6-5-7-17(27)14-16/h2-3,5-7,10-15,20,29H,4,8-9H2,1H3,(H,30,35)(H,31,34)(H,32,33)/b3-2+,13-10+/t20-/m0/s1. The largest absolute Gasteiger partial charge is 0.388 e. The van der Waals surface area contributed by atoms with Crippen molar-refractivity contribution in [1.82, 2.24) is 15.3 Å². The van der Waals surface area contributed by atoms with Crippen molar-refractivity contribution in [3.05, 3.63) is 82.3 Å². The molecule has 35 heavy (non-hydrogen) atoms. The van der Waals surface area contributed by atoms with Crippen LogP contribution in [0.1, 0.15) is 36.7 Å². The van der Waals surface area contributed by atoms with Crippen molar-refractivity contribution in [2.75, 3.05) is 17.7 Å². The van der Waals surface area contributed by atoms with Gasteiger partial charge in [0.05, 0.1) is 11.7 Å². The lowest BCUT2D eigenvalue weighted by Gasteiger charge is -2.14. The first kappa shape index (κ1) is 24.6. The molecule has 0 fully saturated rings. The molecular weight excluding hydrogens is 485 g/mol. The maximum absolute atomic E-state index is 12.7. The normalized spacial score (nSPS) is 16.9. The molecule has 2 heterocycles. The van der Waals surface area contributed by atoms with Gasteiger partial charge in [0, 0.05) is 35.8 Å². The van der Waals surface area contributed by atoms with Gasteiger partial charge in [-0.25, -0.2) is 4.98 Å². The second kappa shape index (κ2) is 11.3. The molecule has 3 aromatic rings. The molecule has 1 atom stereocenters. The minimum Gasteiger partial charge on any atom is -0.388 e. The third-order valence-corrected chi connectivity index (χ3v) is 6.02. The fourth-order valence-electron chi connectivity index (χ4n) is 3.74. The molecule has 0 saturated carbocycles. The highest BCUT2D eigenvalue weighted by Crippen LogP contribution is 2.35. The summed E-state index contributed by atoms with van der Waals surface area (Å²) in [7, 11) is 1.81. The molecule has 180 valence electrons. The number of imidazole rings is 1. The second-order valence-corrected chi connectivity index (χ2v) is 8.85.